The van der Waals surface area contributed by atoms with E-state index in [1.165, 1.54) is 77.5 Å². The van der Waals surface area contributed by atoms with Gasteiger partial charge in [0.2, 0.25) is 5.69 Å². The SMILES string of the molecule is COC(=O)N(C)C[C@@H](c1ccc(-c2c(-n3cnnn3)ccc(Cl)c2F)c[n+]1[O-])n1cc(-c2ccnc(C(F)F)c2)cn1. The topological polar surface area (TPSA) is 131 Å². The maximum Gasteiger partial charge on any atom is 0.409 e. The minimum atomic E-state index is -2.76. The number of rotatable bonds is 8. The monoisotopic (exact) mass is 599 g/mol. The highest BCUT2D eigenvalue weighted by molar-refractivity contribution is 6.31. The van der Waals surface area contributed by atoms with E-state index in [9.17, 15) is 18.8 Å². The third kappa shape index (κ3) is 5.58. The summed E-state index contributed by atoms with van der Waals surface area (Å²) in [6.45, 7) is -0.0601. The van der Waals surface area contributed by atoms with E-state index in [2.05, 4.69) is 25.6 Å². The number of carbonyl (C=O) groups is 1. The average molecular weight is 600 g/mol. The van der Waals surface area contributed by atoms with Crippen molar-refractivity contribution in [2.45, 2.75) is 12.5 Å². The van der Waals surface area contributed by atoms with Crippen molar-refractivity contribution >= 4 is 17.7 Å². The lowest BCUT2D eigenvalue weighted by Crippen LogP contribution is -2.41. The molecule has 12 nitrogen and oxygen atoms in total. The van der Waals surface area contributed by atoms with Crippen molar-refractivity contribution in [2.75, 3.05) is 20.7 Å². The second kappa shape index (κ2) is 11.8. The predicted octanol–water partition coefficient (Wildman–Crippen LogP) is 4.24. The Hall–Kier alpha value is -5.05. The van der Waals surface area contributed by atoms with Crippen molar-refractivity contribution < 1.29 is 27.4 Å². The van der Waals surface area contributed by atoms with Crippen LogP contribution >= 0.6 is 11.6 Å². The molecule has 0 saturated carbocycles. The lowest BCUT2D eigenvalue weighted by molar-refractivity contribution is -0.615. The molecule has 0 saturated heterocycles. The first-order valence-corrected chi connectivity index (χ1v) is 12.6. The number of amides is 1. The second-order valence-electron chi connectivity index (χ2n) is 9.02. The van der Waals surface area contributed by atoms with E-state index in [1.54, 1.807) is 12.3 Å². The smallest absolute Gasteiger partial charge is 0.409 e. The van der Waals surface area contributed by atoms with Gasteiger partial charge in [-0.25, -0.2) is 18.0 Å². The number of hydrogen-bond acceptors (Lipinski definition) is 8. The van der Waals surface area contributed by atoms with Crippen LogP contribution in [0.5, 0.6) is 0 Å². The van der Waals surface area contributed by atoms with E-state index >= 15 is 4.39 Å². The number of aromatic nitrogens is 8. The molecule has 1 amide bonds. The summed E-state index contributed by atoms with van der Waals surface area (Å²) in [5, 5.41) is 28.6. The van der Waals surface area contributed by atoms with Crippen molar-refractivity contribution in [3.05, 3.63) is 94.9 Å². The zero-order chi connectivity index (χ0) is 30.0. The molecule has 0 spiro atoms. The molecule has 0 radical (unpaired) electrons. The van der Waals surface area contributed by atoms with Gasteiger partial charge in [-0.05, 0) is 46.3 Å². The Kier molecular flexibility index (Phi) is 8.01. The first-order chi connectivity index (χ1) is 20.2. The van der Waals surface area contributed by atoms with Crippen LogP contribution in [0.4, 0.5) is 18.0 Å². The molecule has 5 aromatic rings. The van der Waals surface area contributed by atoms with Crippen LogP contribution in [0.25, 0.3) is 27.9 Å². The highest BCUT2D eigenvalue weighted by Crippen LogP contribution is 2.33. The summed E-state index contributed by atoms with van der Waals surface area (Å²) < 4.78 is 49.7. The lowest BCUT2D eigenvalue weighted by Gasteiger charge is -2.23. The van der Waals surface area contributed by atoms with Gasteiger partial charge in [0.1, 0.15) is 12.0 Å². The molecule has 0 aliphatic carbocycles. The molecule has 42 heavy (non-hydrogen) atoms. The summed E-state index contributed by atoms with van der Waals surface area (Å²) in [5.74, 6) is -0.781. The fourth-order valence-electron chi connectivity index (χ4n) is 4.38. The third-order valence-corrected chi connectivity index (χ3v) is 6.73. The maximum atomic E-state index is 15.3. The number of likely N-dealkylation sites (N-methyl/N-ethyl adjacent to an activating group) is 1. The van der Waals surface area contributed by atoms with E-state index in [0.29, 0.717) is 15.9 Å². The van der Waals surface area contributed by atoms with Crippen LogP contribution < -0.4 is 4.73 Å². The standard InChI is InChI=1S/C26H21ClF3N9O3/c1-36(26(40)42-2)13-22(37-11-17(10-33-37)15-7-8-31-19(9-15)25(29)30)20-5-3-16(12-39(20)41)23-21(38-14-32-34-35-38)6-4-18(27)24(23)28/h3-12,14,22,25H,13H2,1-2H3/t22-/m0/s1. The van der Waals surface area contributed by atoms with E-state index in [0.717, 1.165) is 6.20 Å². The molecular weight excluding hydrogens is 579 g/mol. The molecule has 0 unspecified atom stereocenters. The summed E-state index contributed by atoms with van der Waals surface area (Å²) in [6.07, 6.45) is 3.27. The van der Waals surface area contributed by atoms with Crippen molar-refractivity contribution in [1.82, 2.24) is 39.9 Å². The second-order valence-corrected chi connectivity index (χ2v) is 9.43. The molecule has 0 aliphatic rings. The minimum Gasteiger partial charge on any atom is -0.618 e. The van der Waals surface area contributed by atoms with Gasteiger partial charge in [0.05, 0.1) is 41.7 Å². The number of alkyl halides is 2. The number of tetrazole rings is 1. The van der Waals surface area contributed by atoms with Crippen LogP contribution in [0, 0.1) is 11.0 Å². The summed E-state index contributed by atoms with van der Waals surface area (Å²) in [5.41, 5.74) is 1.06. The number of ether oxygens (including phenoxy) is 1. The average Bonchev–Trinajstić information content (AvgIpc) is 3.70. The van der Waals surface area contributed by atoms with Gasteiger partial charge in [-0.2, -0.15) is 14.5 Å². The summed E-state index contributed by atoms with van der Waals surface area (Å²) in [7, 11) is 2.69. The van der Waals surface area contributed by atoms with Gasteiger partial charge in [-0.15, -0.1) is 5.10 Å². The van der Waals surface area contributed by atoms with Gasteiger partial charge in [-0.3, -0.25) is 9.67 Å². The quantitative estimate of drug-likeness (QED) is 0.191. The van der Waals surface area contributed by atoms with Gasteiger partial charge < -0.3 is 14.8 Å². The van der Waals surface area contributed by atoms with Gasteiger partial charge in [0, 0.05) is 31.1 Å². The van der Waals surface area contributed by atoms with E-state index in [4.69, 9.17) is 16.3 Å². The van der Waals surface area contributed by atoms with E-state index in [-0.39, 0.29) is 34.1 Å². The molecule has 0 fully saturated rings. The van der Waals surface area contributed by atoms with Crippen molar-refractivity contribution in [2.24, 2.45) is 0 Å². The van der Waals surface area contributed by atoms with Crippen LogP contribution in [0.15, 0.2) is 67.5 Å². The molecule has 16 heteroatoms. The molecule has 4 heterocycles. The molecule has 4 aromatic heterocycles. The van der Waals surface area contributed by atoms with Crippen molar-refractivity contribution in [1.29, 1.82) is 0 Å². The molecule has 5 rings (SSSR count). The lowest BCUT2D eigenvalue weighted by atomic mass is 10.0. The van der Waals surface area contributed by atoms with Crippen molar-refractivity contribution in [3.8, 4) is 27.9 Å². The van der Waals surface area contributed by atoms with Gasteiger partial charge in [-0.1, -0.05) is 11.6 Å². The Morgan fingerprint density at radius 2 is 2.00 bits per heavy atom. The Morgan fingerprint density at radius 3 is 2.69 bits per heavy atom. The number of carbonyl (C=O) groups excluding carboxylic acids is 1. The van der Waals surface area contributed by atoms with Gasteiger partial charge in [0.25, 0.3) is 6.43 Å². The summed E-state index contributed by atoms with van der Waals surface area (Å²) in [4.78, 5) is 17.1. The molecule has 1 aromatic carbocycles. The van der Waals surface area contributed by atoms with Crippen LogP contribution in [-0.2, 0) is 4.74 Å². The molecule has 0 aliphatic heterocycles. The number of nitrogens with zero attached hydrogens (tertiary/aromatic N) is 9. The highest BCUT2D eigenvalue weighted by atomic mass is 35.5. The fraction of sp³-hybridized carbons (Fsp3) is 0.192. The van der Waals surface area contributed by atoms with Gasteiger partial charge in [0.15, 0.2) is 18.1 Å². The number of pyridine rings is 2. The number of methoxy groups -OCH3 is 1. The van der Waals surface area contributed by atoms with Crippen LogP contribution in [0.1, 0.15) is 23.9 Å². The largest absolute Gasteiger partial charge is 0.618 e. The van der Waals surface area contributed by atoms with E-state index in [1.807, 2.05) is 0 Å². The summed E-state index contributed by atoms with van der Waals surface area (Å²) in [6, 6.07) is 7.76. The first kappa shape index (κ1) is 28.5. The zero-order valence-electron chi connectivity index (χ0n) is 22.0. The van der Waals surface area contributed by atoms with Crippen LogP contribution in [0.3, 0.4) is 0 Å². The first-order valence-electron chi connectivity index (χ1n) is 12.2. The normalized spacial score (nSPS) is 12.0. The van der Waals surface area contributed by atoms with Crippen LogP contribution in [-0.4, -0.2) is 66.7 Å². The predicted molar refractivity (Wildman–Crippen MR) is 142 cm³/mol. The van der Waals surface area contributed by atoms with E-state index < -0.39 is 30.1 Å². The highest BCUT2D eigenvalue weighted by Gasteiger charge is 2.28. The maximum absolute atomic E-state index is 15.3. The van der Waals surface area contributed by atoms with Crippen LogP contribution in [0.2, 0.25) is 5.02 Å². The zero-order valence-corrected chi connectivity index (χ0v) is 22.7. The van der Waals surface area contributed by atoms with Crippen molar-refractivity contribution in [3.63, 3.8) is 0 Å². The fourth-order valence-corrected chi connectivity index (χ4v) is 4.54. The third-order valence-electron chi connectivity index (χ3n) is 6.44. The molecule has 216 valence electrons. The van der Waals surface area contributed by atoms with Gasteiger partial charge >= 0.3 is 6.09 Å². The Labute approximate surface area is 241 Å². The Balaban J connectivity index is 1.57. The molecule has 0 bridgehead atoms. The minimum absolute atomic E-state index is 0.0110. The molecular formula is C26H21ClF3N9O3. The number of halogens is 4. The molecule has 0 N–H and O–H groups in total. The Bertz CT molecular complexity index is 1730. The molecule has 1 atom stereocenters. The Morgan fingerprint density at radius 1 is 1.19 bits per heavy atom. The number of benzene rings is 1. The number of hydrogen-bond donors (Lipinski definition) is 0. The summed E-state index contributed by atoms with van der Waals surface area (Å²) >= 11 is 6.05.